The van der Waals surface area contributed by atoms with Crippen LogP contribution in [0.1, 0.15) is 73.8 Å². The second kappa shape index (κ2) is 14.4. The van der Waals surface area contributed by atoms with E-state index in [-0.39, 0.29) is 68.9 Å². The fraction of sp³-hybridized carbons (Fsp3) is 0.519. The monoisotopic (exact) mass is 639 g/mol. The normalized spacial score (nSPS) is 15.6. The van der Waals surface area contributed by atoms with E-state index >= 15 is 0 Å². The summed E-state index contributed by atoms with van der Waals surface area (Å²) in [5.74, 6) is 3.32. The summed E-state index contributed by atoms with van der Waals surface area (Å²) in [7, 11) is 2.16. The Hall–Kier alpha value is -1.04. The van der Waals surface area contributed by atoms with E-state index in [4.69, 9.17) is 15.2 Å². The molecule has 0 radical (unpaired) electrons. The summed E-state index contributed by atoms with van der Waals surface area (Å²) in [5, 5.41) is 14.8. The Morgan fingerprint density at radius 3 is 2.78 bits per heavy atom. The second-order valence-corrected chi connectivity index (χ2v) is 10.2. The SMILES string of the molecule is CC.CCCc1c(-c2nccc(N3CCCN(C)CC3)n2)noc1[C-]1CCCc2sc(N)c(C#N)c21.[Cs+]. The number of nitrogens with zero attached hydrogens (tertiary/aromatic N) is 6. The largest absolute Gasteiger partial charge is 1.00 e. The maximum absolute atomic E-state index is 9.76. The zero-order valence-electron chi connectivity index (χ0n) is 22.8. The number of rotatable bonds is 5. The van der Waals surface area contributed by atoms with Crippen molar-refractivity contribution in [1.82, 2.24) is 20.0 Å². The van der Waals surface area contributed by atoms with Crippen LogP contribution in [0.25, 0.3) is 11.5 Å². The predicted octanol–water partition coefficient (Wildman–Crippen LogP) is 2.08. The third-order valence-electron chi connectivity index (χ3n) is 6.71. The molecule has 1 saturated heterocycles. The van der Waals surface area contributed by atoms with Crippen LogP contribution in [0.15, 0.2) is 16.8 Å². The first-order chi connectivity index (χ1) is 17.6. The summed E-state index contributed by atoms with van der Waals surface area (Å²) in [6.45, 7) is 10.2. The molecule has 0 aromatic carbocycles. The summed E-state index contributed by atoms with van der Waals surface area (Å²) in [5.41, 5.74) is 9.43. The fourth-order valence-electron chi connectivity index (χ4n) is 5.00. The molecule has 0 bridgehead atoms. The van der Waals surface area contributed by atoms with Gasteiger partial charge in [-0.3, -0.25) is 0 Å². The smallest absolute Gasteiger partial charge is 0.398 e. The first-order valence-corrected chi connectivity index (χ1v) is 13.9. The molecule has 1 aliphatic heterocycles. The van der Waals surface area contributed by atoms with Crippen molar-refractivity contribution in [2.45, 2.75) is 59.3 Å². The molecule has 3 aromatic heterocycles. The Balaban J connectivity index is 0.00000124. The maximum Gasteiger partial charge on any atom is 1.00 e. The number of thiophene rings is 1. The van der Waals surface area contributed by atoms with Gasteiger partial charge >= 0.3 is 68.9 Å². The van der Waals surface area contributed by atoms with Crippen molar-refractivity contribution in [3.63, 3.8) is 0 Å². The molecule has 0 saturated carbocycles. The van der Waals surface area contributed by atoms with Gasteiger partial charge in [-0.15, -0.1) is 5.56 Å². The molecule has 0 atom stereocenters. The maximum atomic E-state index is 9.76. The summed E-state index contributed by atoms with van der Waals surface area (Å²) < 4.78 is 5.99. The van der Waals surface area contributed by atoms with Crippen LogP contribution in [-0.4, -0.2) is 53.3 Å². The van der Waals surface area contributed by atoms with Gasteiger partial charge in [-0.2, -0.15) is 11.3 Å². The summed E-state index contributed by atoms with van der Waals surface area (Å²) in [6.07, 6.45) is 7.45. The summed E-state index contributed by atoms with van der Waals surface area (Å²) in [4.78, 5) is 15.3. The summed E-state index contributed by atoms with van der Waals surface area (Å²) in [6, 6.07) is 4.29. The van der Waals surface area contributed by atoms with E-state index in [0.717, 1.165) is 93.3 Å². The number of nitrogen functional groups attached to an aromatic ring is 1. The van der Waals surface area contributed by atoms with Gasteiger partial charge in [0.25, 0.3) is 0 Å². The van der Waals surface area contributed by atoms with Crippen LogP contribution in [0, 0.1) is 17.2 Å². The molecular formula is C27H36CsN7OS. The number of hydrogen-bond acceptors (Lipinski definition) is 9. The Morgan fingerprint density at radius 2 is 2.03 bits per heavy atom. The van der Waals surface area contributed by atoms with E-state index in [9.17, 15) is 5.26 Å². The Labute approximate surface area is 283 Å². The van der Waals surface area contributed by atoms with Gasteiger partial charge in [0.2, 0.25) is 0 Å². The van der Waals surface area contributed by atoms with Gasteiger partial charge in [0.05, 0.1) is 16.8 Å². The number of nitriles is 1. The van der Waals surface area contributed by atoms with E-state index in [2.05, 4.69) is 40.0 Å². The first kappa shape index (κ1) is 30.5. The average molecular weight is 640 g/mol. The number of fused-ring (bicyclic) bond motifs is 1. The molecule has 3 aromatic rings. The van der Waals surface area contributed by atoms with Gasteiger partial charge in [0.15, 0.2) is 5.82 Å². The standard InChI is InChI=1S/C25H30N7OS.C2H6.Cs/c1-3-6-17-22(25-28-10-9-20(29-25)32-12-5-11-31(2)13-14-32)30-33-23(17)16-7-4-8-19-21(16)18(15-26)24(27)34-19;1-2;/h9-10H,3-8,11-14,27H2,1-2H3;1-2H3;/q-1;;+1. The molecular weight excluding hydrogens is 603 g/mol. The molecule has 1 aliphatic carbocycles. The zero-order chi connectivity index (χ0) is 25.7. The molecule has 0 amide bonds. The molecule has 10 heteroatoms. The van der Waals surface area contributed by atoms with Crippen LogP contribution in [0.3, 0.4) is 0 Å². The minimum absolute atomic E-state index is 0. The molecule has 0 unspecified atom stereocenters. The Kier molecular flexibility index (Phi) is 11.9. The quantitative estimate of drug-likeness (QED) is 0.423. The third-order valence-corrected chi connectivity index (χ3v) is 7.79. The Morgan fingerprint density at radius 1 is 1.22 bits per heavy atom. The van der Waals surface area contributed by atoms with E-state index in [1.165, 1.54) is 16.2 Å². The van der Waals surface area contributed by atoms with Gasteiger partial charge in [-0.25, -0.2) is 15.2 Å². The molecule has 5 rings (SSSR count). The van der Waals surface area contributed by atoms with Crippen molar-refractivity contribution < 1.29 is 73.4 Å². The van der Waals surface area contributed by atoms with Gasteiger partial charge in [-0.05, 0) is 31.6 Å². The van der Waals surface area contributed by atoms with Crippen LogP contribution >= 0.6 is 11.3 Å². The fourth-order valence-corrected chi connectivity index (χ4v) is 6.09. The van der Waals surface area contributed by atoms with Gasteiger partial charge in [0.1, 0.15) is 11.5 Å². The van der Waals surface area contributed by atoms with Crippen molar-refractivity contribution in [2.24, 2.45) is 0 Å². The van der Waals surface area contributed by atoms with Crippen molar-refractivity contribution in [3.05, 3.63) is 45.5 Å². The summed E-state index contributed by atoms with van der Waals surface area (Å²) >= 11 is 1.52. The van der Waals surface area contributed by atoms with E-state index in [1.807, 2.05) is 26.1 Å². The van der Waals surface area contributed by atoms with E-state index in [1.54, 1.807) is 0 Å². The van der Waals surface area contributed by atoms with Crippen molar-refractivity contribution in [3.8, 4) is 17.6 Å². The zero-order valence-corrected chi connectivity index (χ0v) is 29.9. The number of nitrogens with two attached hydrogens (primary N) is 1. The van der Waals surface area contributed by atoms with Crippen LogP contribution < -0.4 is 79.5 Å². The van der Waals surface area contributed by atoms with Gasteiger partial charge < -0.3 is 20.1 Å². The second-order valence-electron chi connectivity index (χ2n) is 9.05. The van der Waals surface area contributed by atoms with Crippen molar-refractivity contribution in [2.75, 3.05) is 43.9 Å². The van der Waals surface area contributed by atoms with Gasteiger partial charge in [-0.1, -0.05) is 68.8 Å². The number of anilines is 2. The van der Waals surface area contributed by atoms with E-state index in [0.29, 0.717) is 22.1 Å². The van der Waals surface area contributed by atoms with Crippen LogP contribution in [0.4, 0.5) is 10.8 Å². The van der Waals surface area contributed by atoms with Gasteiger partial charge in [0, 0.05) is 31.4 Å². The topological polar surface area (TPSA) is 108 Å². The molecule has 8 nitrogen and oxygen atoms in total. The molecule has 2 N–H and O–H groups in total. The van der Waals surface area contributed by atoms with Crippen LogP contribution in [0.2, 0.25) is 0 Å². The molecule has 1 fully saturated rings. The van der Waals surface area contributed by atoms with Crippen molar-refractivity contribution >= 4 is 22.2 Å². The van der Waals surface area contributed by atoms with Crippen LogP contribution in [0.5, 0.6) is 0 Å². The average Bonchev–Trinajstić information content (AvgIpc) is 3.39. The van der Waals surface area contributed by atoms with Crippen molar-refractivity contribution in [1.29, 1.82) is 5.26 Å². The molecule has 0 spiro atoms. The number of aromatic nitrogens is 3. The molecule has 37 heavy (non-hydrogen) atoms. The van der Waals surface area contributed by atoms with E-state index < -0.39 is 0 Å². The third kappa shape index (κ3) is 6.58. The number of likely N-dealkylation sites (N-methyl/N-ethyl adjacent to an activating group) is 1. The number of aryl methyl sites for hydroxylation is 1. The Bertz CT molecular complexity index is 1220. The molecule has 192 valence electrons. The van der Waals surface area contributed by atoms with Crippen LogP contribution in [-0.2, 0) is 12.8 Å². The predicted molar refractivity (Wildman–Crippen MR) is 145 cm³/mol. The minimum atomic E-state index is 0. The number of hydrogen-bond donors (Lipinski definition) is 1. The molecule has 2 aliphatic rings. The molecule has 4 heterocycles. The first-order valence-electron chi connectivity index (χ1n) is 13.0. The minimum Gasteiger partial charge on any atom is -0.398 e.